The van der Waals surface area contributed by atoms with Crippen LogP contribution in [0.2, 0.25) is 0 Å². The third kappa shape index (κ3) is 5.12. The first-order valence-electron chi connectivity index (χ1n) is 8.49. The number of carboxylic acid groups (broad SMARTS) is 1. The Bertz CT molecular complexity index is 768. The summed E-state index contributed by atoms with van der Waals surface area (Å²) in [6.45, 7) is 8.76. The van der Waals surface area contributed by atoms with Crippen LogP contribution in [0.3, 0.4) is 0 Å². The van der Waals surface area contributed by atoms with E-state index in [1.54, 1.807) is 6.92 Å². The summed E-state index contributed by atoms with van der Waals surface area (Å²) in [4.78, 5) is 23.1. The SMILES string of the molecule is Cc1coc(CC(=O)O)c1C(=O)NCCOc1ccc(C(C)(C)C)cc1. The third-order valence-corrected chi connectivity index (χ3v) is 3.97. The third-order valence-electron chi connectivity index (χ3n) is 3.97. The minimum atomic E-state index is -1.05. The van der Waals surface area contributed by atoms with Crippen molar-refractivity contribution in [1.29, 1.82) is 0 Å². The Kier molecular flexibility index (Phi) is 6.08. The summed E-state index contributed by atoms with van der Waals surface area (Å²) in [6.07, 6.45) is 1.06. The van der Waals surface area contributed by atoms with E-state index in [4.69, 9.17) is 14.3 Å². The van der Waals surface area contributed by atoms with E-state index in [0.717, 1.165) is 5.75 Å². The van der Waals surface area contributed by atoms with E-state index in [0.29, 0.717) is 18.7 Å². The van der Waals surface area contributed by atoms with Crippen molar-refractivity contribution in [3.63, 3.8) is 0 Å². The van der Waals surface area contributed by atoms with Crippen molar-refractivity contribution >= 4 is 11.9 Å². The van der Waals surface area contributed by atoms with Crippen LogP contribution in [0.5, 0.6) is 5.75 Å². The smallest absolute Gasteiger partial charge is 0.311 e. The number of ether oxygens (including phenoxy) is 1. The van der Waals surface area contributed by atoms with Gasteiger partial charge in [0.1, 0.15) is 24.5 Å². The summed E-state index contributed by atoms with van der Waals surface area (Å²) in [6, 6.07) is 7.88. The molecule has 6 nitrogen and oxygen atoms in total. The van der Waals surface area contributed by atoms with Crippen LogP contribution in [0.15, 0.2) is 34.9 Å². The number of nitrogens with one attached hydrogen (secondary N) is 1. The van der Waals surface area contributed by atoms with Gasteiger partial charge in [0.05, 0.1) is 18.4 Å². The molecule has 0 spiro atoms. The van der Waals surface area contributed by atoms with Gasteiger partial charge >= 0.3 is 5.97 Å². The Morgan fingerprint density at radius 2 is 1.85 bits per heavy atom. The summed E-state index contributed by atoms with van der Waals surface area (Å²) < 4.78 is 10.8. The lowest BCUT2D eigenvalue weighted by Gasteiger charge is -2.19. The molecular weight excluding hydrogens is 334 g/mol. The molecule has 2 rings (SSSR count). The molecule has 6 heteroatoms. The lowest BCUT2D eigenvalue weighted by Crippen LogP contribution is -2.29. The number of aliphatic carboxylic acids is 1. The van der Waals surface area contributed by atoms with Crippen molar-refractivity contribution in [2.24, 2.45) is 0 Å². The summed E-state index contributed by atoms with van der Waals surface area (Å²) in [5.74, 6) is -0.515. The summed E-state index contributed by atoms with van der Waals surface area (Å²) >= 11 is 0. The fraction of sp³-hybridized carbons (Fsp3) is 0.400. The van der Waals surface area contributed by atoms with Crippen LogP contribution in [-0.2, 0) is 16.6 Å². The maximum atomic E-state index is 12.3. The first-order valence-corrected chi connectivity index (χ1v) is 8.49. The van der Waals surface area contributed by atoms with E-state index in [1.165, 1.54) is 11.8 Å². The molecule has 0 unspecified atom stereocenters. The van der Waals surface area contributed by atoms with Gasteiger partial charge in [0, 0.05) is 5.56 Å². The highest BCUT2D eigenvalue weighted by atomic mass is 16.5. The van der Waals surface area contributed by atoms with Gasteiger partial charge in [-0.3, -0.25) is 9.59 Å². The zero-order valence-corrected chi connectivity index (χ0v) is 15.6. The fourth-order valence-electron chi connectivity index (χ4n) is 2.54. The highest BCUT2D eigenvalue weighted by molar-refractivity contribution is 5.97. The first kappa shape index (κ1) is 19.6. The van der Waals surface area contributed by atoms with Crippen molar-refractivity contribution in [3.8, 4) is 5.75 Å². The molecule has 1 aromatic carbocycles. The van der Waals surface area contributed by atoms with E-state index >= 15 is 0 Å². The van der Waals surface area contributed by atoms with Gasteiger partial charge in [-0.15, -0.1) is 0 Å². The van der Waals surface area contributed by atoms with E-state index in [2.05, 4.69) is 26.1 Å². The maximum Gasteiger partial charge on any atom is 0.311 e. The molecule has 0 fully saturated rings. The molecule has 140 valence electrons. The largest absolute Gasteiger partial charge is 0.492 e. The summed E-state index contributed by atoms with van der Waals surface area (Å²) in [5.41, 5.74) is 2.20. The predicted molar refractivity (Wildman–Crippen MR) is 97.8 cm³/mol. The van der Waals surface area contributed by atoms with Crippen LogP contribution < -0.4 is 10.1 Å². The van der Waals surface area contributed by atoms with E-state index in [-0.39, 0.29) is 29.1 Å². The van der Waals surface area contributed by atoms with E-state index in [1.807, 2.05) is 24.3 Å². The van der Waals surface area contributed by atoms with Gasteiger partial charge in [-0.05, 0) is 30.0 Å². The van der Waals surface area contributed by atoms with Crippen LogP contribution >= 0.6 is 0 Å². The number of furan rings is 1. The lowest BCUT2D eigenvalue weighted by molar-refractivity contribution is -0.136. The standard InChI is InChI=1S/C20H25NO5/c1-13-12-26-16(11-17(22)23)18(13)19(24)21-9-10-25-15-7-5-14(6-8-15)20(2,3)4/h5-8,12H,9-11H2,1-4H3,(H,21,24)(H,22,23). The molecule has 0 saturated heterocycles. The molecule has 2 aromatic rings. The van der Waals surface area contributed by atoms with Gasteiger partial charge < -0.3 is 19.6 Å². The Morgan fingerprint density at radius 3 is 2.42 bits per heavy atom. The predicted octanol–water partition coefficient (Wildman–Crippen LogP) is 3.32. The van der Waals surface area contributed by atoms with Crippen LogP contribution in [0.25, 0.3) is 0 Å². The Labute approximate surface area is 153 Å². The number of hydrogen-bond acceptors (Lipinski definition) is 4. The molecule has 0 saturated carbocycles. The molecule has 2 N–H and O–H groups in total. The molecular formula is C20H25NO5. The van der Waals surface area contributed by atoms with Gasteiger partial charge in [0.15, 0.2) is 0 Å². The van der Waals surface area contributed by atoms with Crippen molar-refractivity contribution < 1.29 is 23.8 Å². The monoisotopic (exact) mass is 359 g/mol. The van der Waals surface area contributed by atoms with Crippen LogP contribution in [0, 0.1) is 6.92 Å². The molecule has 1 amide bonds. The van der Waals surface area contributed by atoms with Gasteiger partial charge in [-0.25, -0.2) is 0 Å². The number of rotatable bonds is 7. The number of amides is 1. The number of carbonyl (C=O) groups is 2. The number of aryl methyl sites for hydroxylation is 1. The second-order valence-corrected chi connectivity index (χ2v) is 7.17. The fourth-order valence-corrected chi connectivity index (χ4v) is 2.54. The van der Waals surface area contributed by atoms with E-state index < -0.39 is 5.97 Å². The van der Waals surface area contributed by atoms with Crippen molar-refractivity contribution in [3.05, 3.63) is 53.0 Å². The molecule has 0 bridgehead atoms. The quantitative estimate of drug-likeness (QED) is 0.740. The highest BCUT2D eigenvalue weighted by Crippen LogP contribution is 2.24. The average Bonchev–Trinajstić information content (AvgIpc) is 2.91. The number of carbonyl (C=O) groups excluding carboxylic acids is 1. The molecule has 0 aliphatic heterocycles. The molecule has 1 aromatic heterocycles. The van der Waals surface area contributed by atoms with Gasteiger partial charge in [-0.2, -0.15) is 0 Å². The van der Waals surface area contributed by atoms with Crippen molar-refractivity contribution in [2.75, 3.05) is 13.2 Å². The van der Waals surface area contributed by atoms with Gasteiger partial charge in [0.2, 0.25) is 0 Å². The normalized spacial score (nSPS) is 11.2. The van der Waals surface area contributed by atoms with Crippen LogP contribution in [-0.4, -0.2) is 30.1 Å². The lowest BCUT2D eigenvalue weighted by atomic mass is 9.87. The van der Waals surface area contributed by atoms with Crippen molar-refractivity contribution in [2.45, 2.75) is 39.5 Å². The Morgan fingerprint density at radius 1 is 1.19 bits per heavy atom. The Balaban J connectivity index is 1.86. The summed E-state index contributed by atoms with van der Waals surface area (Å²) in [7, 11) is 0. The molecule has 26 heavy (non-hydrogen) atoms. The maximum absolute atomic E-state index is 12.3. The zero-order chi connectivity index (χ0) is 19.3. The number of carboxylic acids is 1. The molecule has 1 heterocycles. The minimum Gasteiger partial charge on any atom is -0.492 e. The molecule has 0 aliphatic carbocycles. The molecule has 0 radical (unpaired) electrons. The average molecular weight is 359 g/mol. The van der Waals surface area contributed by atoms with Crippen LogP contribution in [0.4, 0.5) is 0 Å². The second kappa shape index (κ2) is 8.08. The minimum absolute atomic E-state index is 0.0859. The number of hydrogen-bond donors (Lipinski definition) is 2. The van der Waals surface area contributed by atoms with Gasteiger partial charge in [-0.1, -0.05) is 32.9 Å². The van der Waals surface area contributed by atoms with Crippen LogP contribution in [0.1, 0.15) is 48.0 Å². The molecule has 0 aliphatic rings. The number of benzene rings is 1. The topological polar surface area (TPSA) is 88.8 Å². The first-order chi connectivity index (χ1) is 12.2. The zero-order valence-electron chi connectivity index (χ0n) is 15.6. The molecule has 0 atom stereocenters. The van der Waals surface area contributed by atoms with Gasteiger partial charge in [0.25, 0.3) is 5.91 Å². The highest BCUT2D eigenvalue weighted by Gasteiger charge is 2.20. The summed E-state index contributed by atoms with van der Waals surface area (Å²) in [5, 5.41) is 11.6. The Hall–Kier alpha value is -2.76. The van der Waals surface area contributed by atoms with Crippen molar-refractivity contribution in [1.82, 2.24) is 5.32 Å². The second-order valence-electron chi connectivity index (χ2n) is 7.17. The van der Waals surface area contributed by atoms with E-state index in [9.17, 15) is 9.59 Å².